The molecule has 2 amide bonds. The van der Waals surface area contributed by atoms with E-state index in [9.17, 15) is 18.0 Å². The van der Waals surface area contributed by atoms with E-state index >= 15 is 0 Å². The normalized spacial score (nSPS) is 12.8. The molecule has 0 aliphatic heterocycles. The molecule has 0 saturated carbocycles. The molecule has 0 fully saturated rings. The van der Waals surface area contributed by atoms with E-state index in [0.717, 1.165) is 16.3 Å². The van der Waals surface area contributed by atoms with Gasteiger partial charge in [0.05, 0.1) is 10.6 Å². The first kappa shape index (κ1) is 29.2. The third-order valence-corrected chi connectivity index (χ3v) is 8.31. The summed E-state index contributed by atoms with van der Waals surface area (Å²) in [6.07, 6.45) is 1.11. The van der Waals surface area contributed by atoms with Crippen LogP contribution in [0.5, 0.6) is 0 Å². The van der Waals surface area contributed by atoms with Gasteiger partial charge in [-0.3, -0.25) is 13.9 Å². The predicted octanol–water partition coefficient (Wildman–Crippen LogP) is 5.26. The number of halogens is 1. The highest BCUT2D eigenvalue weighted by Gasteiger charge is 2.34. The average Bonchev–Trinajstić information content (AvgIpc) is 2.92. The van der Waals surface area contributed by atoms with Crippen LogP contribution in [0.15, 0.2) is 89.8 Å². The fourth-order valence-corrected chi connectivity index (χ4v) is 5.63. The molecule has 0 aliphatic carbocycles. The highest BCUT2D eigenvalue weighted by atomic mass is 35.5. The van der Waals surface area contributed by atoms with E-state index in [1.165, 1.54) is 23.1 Å². The van der Waals surface area contributed by atoms with Gasteiger partial charge in [0.2, 0.25) is 11.8 Å². The standard InChI is InChI=1S/C29H34ClN3O4S/c1-4-22(3)31-29(35)27(5-2)32(20-23-13-8-6-9-14-23)28(34)21-33(25-16-12-15-24(30)19-25)38(36,37)26-17-10-7-11-18-26/h6-19,22,27H,4-5,20-21H2,1-3H3,(H,31,35)/t22-,27-/m1/s1. The Labute approximate surface area is 230 Å². The summed E-state index contributed by atoms with van der Waals surface area (Å²) < 4.78 is 28.6. The van der Waals surface area contributed by atoms with E-state index in [4.69, 9.17) is 11.6 Å². The maximum absolute atomic E-state index is 14.0. The minimum absolute atomic E-state index is 0.0453. The highest BCUT2D eigenvalue weighted by molar-refractivity contribution is 7.92. The van der Waals surface area contributed by atoms with E-state index in [1.807, 2.05) is 51.1 Å². The van der Waals surface area contributed by atoms with Gasteiger partial charge in [-0.1, -0.05) is 80.0 Å². The van der Waals surface area contributed by atoms with Crippen LogP contribution in [0, 0.1) is 0 Å². The number of hydrogen-bond acceptors (Lipinski definition) is 4. The smallest absolute Gasteiger partial charge is 0.264 e. The Balaban J connectivity index is 2.03. The third-order valence-electron chi connectivity index (χ3n) is 6.29. The monoisotopic (exact) mass is 555 g/mol. The van der Waals surface area contributed by atoms with Crippen molar-refractivity contribution in [3.8, 4) is 0 Å². The number of anilines is 1. The summed E-state index contributed by atoms with van der Waals surface area (Å²) in [5.41, 5.74) is 1.09. The van der Waals surface area contributed by atoms with E-state index in [0.29, 0.717) is 11.4 Å². The molecule has 38 heavy (non-hydrogen) atoms. The molecule has 0 unspecified atom stereocenters. The molecule has 0 heterocycles. The quantitative estimate of drug-likeness (QED) is 0.330. The first-order valence-corrected chi connectivity index (χ1v) is 14.5. The largest absolute Gasteiger partial charge is 0.352 e. The van der Waals surface area contributed by atoms with Crippen LogP contribution in [0.2, 0.25) is 5.02 Å². The summed E-state index contributed by atoms with van der Waals surface area (Å²) in [4.78, 5) is 28.7. The summed E-state index contributed by atoms with van der Waals surface area (Å²) in [5.74, 6) is -0.772. The van der Waals surface area contributed by atoms with Crippen molar-refractivity contribution in [1.29, 1.82) is 0 Å². The zero-order valence-corrected chi connectivity index (χ0v) is 23.5. The predicted molar refractivity (Wildman–Crippen MR) is 151 cm³/mol. The second kappa shape index (κ2) is 13.4. The minimum atomic E-state index is -4.12. The fraction of sp³-hybridized carbons (Fsp3) is 0.310. The summed E-state index contributed by atoms with van der Waals surface area (Å²) in [7, 11) is -4.12. The van der Waals surface area contributed by atoms with Gasteiger partial charge in [0.25, 0.3) is 10.0 Å². The average molecular weight is 556 g/mol. The third kappa shape index (κ3) is 7.36. The number of amides is 2. The maximum atomic E-state index is 14.0. The van der Waals surface area contributed by atoms with Crippen LogP contribution < -0.4 is 9.62 Å². The number of carbonyl (C=O) groups excluding carboxylic acids is 2. The van der Waals surface area contributed by atoms with Crippen LogP contribution in [-0.2, 0) is 26.2 Å². The number of nitrogens with zero attached hydrogens (tertiary/aromatic N) is 2. The molecule has 7 nitrogen and oxygen atoms in total. The molecule has 0 radical (unpaired) electrons. The van der Waals surface area contributed by atoms with Gasteiger partial charge in [0, 0.05) is 17.6 Å². The lowest BCUT2D eigenvalue weighted by Crippen LogP contribution is -2.53. The Morgan fingerprint density at radius 2 is 1.53 bits per heavy atom. The maximum Gasteiger partial charge on any atom is 0.264 e. The Kier molecular flexibility index (Phi) is 10.3. The second-order valence-electron chi connectivity index (χ2n) is 9.05. The van der Waals surface area contributed by atoms with Gasteiger partial charge < -0.3 is 10.2 Å². The number of benzene rings is 3. The van der Waals surface area contributed by atoms with Gasteiger partial charge in [0.1, 0.15) is 12.6 Å². The van der Waals surface area contributed by atoms with E-state index < -0.39 is 28.5 Å². The van der Waals surface area contributed by atoms with Crippen molar-refractivity contribution in [3.05, 3.63) is 95.5 Å². The van der Waals surface area contributed by atoms with Crippen molar-refractivity contribution in [3.63, 3.8) is 0 Å². The van der Waals surface area contributed by atoms with Crippen LogP contribution in [0.1, 0.15) is 39.2 Å². The van der Waals surface area contributed by atoms with E-state index in [2.05, 4.69) is 5.32 Å². The summed E-state index contributed by atoms with van der Waals surface area (Å²) in [5, 5.41) is 3.30. The van der Waals surface area contributed by atoms with Gasteiger partial charge in [0.15, 0.2) is 0 Å². The van der Waals surface area contributed by atoms with E-state index in [1.54, 1.807) is 36.4 Å². The first-order chi connectivity index (χ1) is 18.2. The molecular formula is C29H34ClN3O4S. The molecule has 0 spiro atoms. The molecule has 3 aromatic carbocycles. The number of hydrogen-bond donors (Lipinski definition) is 1. The molecule has 2 atom stereocenters. The van der Waals surface area contributed by atoms with Gasteiger partial charge in [-0.15, -0.1) is 0 Å². The molecule has 0 aliphatic rings. The SMILES string of the molecule is CC[C@@H](C)NC(=O)[C@@H](CC)N(Cc1ccccc1)C(=O)CN(c1cccc(Cl)c1)S(=O)(=O)c1ccccc1. The van der Waals surface area contributed by atoms with Crippen LogP contribution in [0.4, 0.5) is 5.69 Å². The van der Waals surface area contributed by atoms with Gasteiger partial charge in [-0.25, -0.2) is 8.42 Å². The lowest BCUT2D eigenvalue weighted by atomic mass is 10.1. The van der Waals surface area contributed by atoms with Crippen LogP contribution in [0.3, 0.4) is 0 Å². The van der Waals surface area contributed by atoms with Crippen molar-refractivity contribution in [2.45, 2.75) is 57.1 Å². The van der Waals surface area contributed by atoms with Gasteiger partial charge >= 0.3 is 0 Å². The number of rotatable bonds is 12. The fourth-order valence-electron chi connectivity index (χ4n) is 4.02. The van der Waals surface area contributed by atoms with Crippen molar-refractivity contribution in [2.75, 3.05) is 10.8 Å². The highest BCUT2D eigenvalue weighted by Crippen LogP contribution is 2.27. The Morgan fingerprint density at radius 1 is 0.895 bits per heavy atom. The molecule has 9 heteroatoms. The first-order valence-electron chi connectivity index (χ1n) is 12.6. The molecule has 1 N–H and O–H groups in total. The second-order valence-corrected chi connectivity index (χ2v) is 11.4. The molecule has 0 saturated heterocycles. The molecule has 3 aromatic rings. The van der Waals surface area contributed by atoms with Crippen LogP contribution in [-0.4, -0.2) is 43.8 Å². The summed E-state index contributed by atoms with van der Waals surface area (Å²) in [6.45, 7) is 5.36. The molecule has 0 bridgehead atoms. The van der Waals surface area contributed by atoms with Crippen LogP contribution in [0.25, 0.3) is 0 Å². The lowest BCUT2D eigenvalue weighted by Gasteiger charge is -2.33. The minimum Gasteiger partial charge on any atom is -0.352 e. The zero-order chi connectivity index (χ0) is 27.7. The Bertz CT molecular complexity index is 1320. The van der Waals surface area contributed by atoms with E-state index in [-0.39, 0.29) is 29.1 Å². The van der Waals surface area contributed by atoms with Crippen LogP contribution >= 0.6 is 11.6 Å². The molecule has 3 rings (SSSR count). The molecule has 0 aromatic heterocycles. The summed E-state index contributed by atoms with van der Waals surface area (Å²) in [6, 6.07) is 22.8. The van der Waals surface area contributed by atoms with Crippen molar-refractivity contribution in [2.24, 2.45) is 0 Å². The number of sulfonamides is 1. The lowest BCUT2D eigenvalue weighted by molar-refractivity contribution is -0.140. The topological polar surface area (TPSA) is 86.8 Å². The Hall–Kier alpha value is -3.36. The molecule has 202 valence electrons. The Morgan fingerprint density at radius 3 is 2.11 bits per heavy atom. The van der Waals surface area contributed by atoms with Crippen molar-refractivity contribution < 1.29 is 18.0 Å². The van der Waals surface area contributed by atoms with Gasteiger partial charge in [-0.2, -0.15) is 0 Å². The summed E-state index contributed by atoms with van der Waals surface area (Å²) >= 11 is 6.20. The molecular weight excluding hydrogens is 522 g/mol. The number of nitrogens with one attached hydrogen (secondary N) is 1. The van der Waals surface area contributed by atoms with Gasteiger partial charge in [-0.05, 0) is 55.7 Å². The number of carbonyl (C=O) groups is 2. The van der Waals surface area contributed by atoms with Crippen molar-refractivity contribution >= 4 is 39.1 Å². The zero-order valence-electron chi connectivity index (χ0n) is 21.9. The van der Waals surface area contributed by atoms with Crippen molar-refractivity contribution in [1.82, 2.24) is 10.2 Å².